The van der Waals surface area contributed by atoms with Crippen molar-refractivity contribution >= 4 is 5.82 Å². The van der Waals surface area contributed by atoms with Crippen molar-refractivity contribution in [3.05, 3.63) is 35.5 Å². The van der Waals surface area contributed by atoms with E-state index < -0.39 is 0 Å². The van der Waals surface area contributed by atoms with Gasteiger partial charge >= 0.3 is 0 Å². The number of nitrogens with two attached hydrogens (primary N) is 1. The van der Waals surface area contributed by atoms with Gasteiger partial charge in [-0.2, -0.15) is 0 Å². The van der Waals surface area contributed by atoms with Gasteiger partial charge in [0.25, 0.3) is 0 Å². The Kier molecular flexibility index (Phi) is 2.62. The molecule has 1 aliphatic carbocycles. The minimum Gasteiger partial charge on any atom is -0.381 e. The van der Waals surface area contributed by atoms with E-state index in [1.165, 1.54) is 18.4 Å². The van der Waals surface area contributed by atoms with Crippen molar-refractivity contribution < 1.29 is 0 Å². The van der Waals surface area contributed by atoms with Gasteiger partial charge < -0.3 is 5.73 Å². The van der Waals surface area contributed by atoms with Crippen molar-refractivity contribution in [3.8, 4) is 5.69 Å². The molecular formula is C15H20N4. The summed E-state index contributed by atoms with van der Waals surface area (Å²) in [7, 11) is 0. The predicted octanol–water partition coefficient (Wildman–Crippen LogP) is 3.02. The summed E-state index contributed by atoms with van der Waals surface area (Å²) in [5.74, 6) is 1.11. The minimum atomic E-state index is 0.0676. The van der Waals surface area contributed by atoms with Gasteiger partial charge in [0.15, 0.2) is 5.82 Å². The summed E-state index contributed by atoms with van der Waals surface area (Å²) >= 11 is 0. The first-order chi connectivity index (χ1) is 8.98. The highest BCUT2D eigenvalue weighted by molar-refractivity contribution is 5.50. The molecule has 1 saturated carbocycles. The molecule has 19 heavy (non-hydrogen) atoms. The number of nitrogens with zero attached hydrogens (tertiary/aromatic N) is 3. The quantitative estimate of drug-likeness (QED) is 0.898. The lowest BCUT2D eigenvalue weighted by Crippen LogP contribution is -2.16. The average molecular weight is 256 g/mol. The van der Waals surface area contributed by atoms with E-state index in [1.807, 2.05) is 10.7 Å². The highest BCUT2D eigenvalue weighted by Crippen LogP contribution is 2.43. The summed E-state index contributed by atoms with van der Waals surface area (Å²) < 4.78 is 1.94. The maximum absolute atomic E-state index is 5.98. The molecule has 2 aromatic rings. The van der Waals surface area contributed by atoms with Crippen LogP contribution < -0.4 is 5.73 Å². The molecule has 0 spiro atoms. The molecule has 1 aromatic heterocycles. The zero-order valence-corrected chi connectivity index (χ0v) is 11.7. The third kappa shape index (κ3) is 2.11. The van der Waals surface area contributed by atoms with Gasteiger partial charge in [-0.1, -0.05) is 44.2 Å². The molecule has 0 saturated heterocycles. The van der Waals surface area contributed by atoms with Crippen LogP contribution in [0.15, 0.2) is 24.3 Å². The van der Waals surface area contributed by atoms with E-state index in [2.05, 4.69) is 49.3 Å². The summed E-state index contributed by atoms with van der Waals surface area (Å²) in [5, 5.41) is 8.33. The van der Waals surface area contributed by atoms with Crippen LogP contribution in [0.2, 0.25) is 0 Å². The maximum Gasteiger partial charge on any atom is 0.169 e. The Morgan fingerprint density at radius 1 is 1.21 bits per heavy atom. The SMILES string of the molecule is CC(C)(C)c1ccccc1-n1nnc(N)c1C1CC1. The Morgan fingerprint density at radius 3 is 2.53 bits per heavy atom. The van der Waals surface area contributed by atoms with Crippen LogP contribution in [-0.2, 0) is 5.41 Å². The van der Waals surface area contributed by atoms with Gasteiger partial charge in [-0.3, -0.25) is 0 Å². The lowest BCUT2D eigenvalue weighted by Gasteiger charge is -2.23. The summed E-state index contributed by atoms with van der Waals surface area (Å²) in [6.07, 6.45) is 2.38. The monoisotopic (exact) mass is 256 g/mol. The van der Waals surface area contributed by atoms with Crippen molar-refractivity contribution in [2.75, 3.05) is 5.73 Å². The molecule has 4 nitrogen and oxygen atoms in total. The minimum absolute atomic E-state index is 0.0676. The first kappa shape index (κ1) is 12.2. The molecule has 0 aliphatic heterocycles. The van der Waals surface area contributed by atoms with Crippen LogP contribution in [0.3, 0.4) is 0 Å². The lowest BCUT2D eigenvalue weighted by molar-refractivity contribution is 0.580. The number of rotatable bonds is 2. The first-order valence-electron chi connectivity index (χ1n) is 6.79. The van der Waals surface area contributed by atoms with Crippen LogP contribution in [-0.4, -0.2) is 15.0 Å². The number of hydrogen-bond donors (Lipinski definition) is 1. The molecule has 1 aliphatic rings. The number of aromatic nitrogens is 3. The second-order valence-corrected chi connectivity index (χ2v) is 6.31. The second-order valence-electron chi connectivity index (χ2n) is 6.31. The van der Waals surface area contributed by atoms with Crippen LogP contribution >= 0.6 is 0 Å². The second kappa shape index (κ2) is 4.08. The van der Waals surface area contributed by atoms with E-state index in [4.69, 9.17) is 5.73 Å². The molecular weight excluding hydrogens is 236 g/mol. The largest absolute Gasteiger partial charge is 0.381 e. The molecule has 0 atom stereocenters. The average Bonchev–Trinajstić information content (AvgIpc) is 3.11. The fourth-order valence-corrected chi connectivity index (χ4v) is 2.51. The Balaban J connectivity index is 2.18. The van der Waals surface area contributed by atoms with E-state index in [-0.39, 0.29) is 5.41 Å². The number of para-hydroxylation sites is 1. The summed E-state index contributed by atoms with van der Waals surface area (Å²) in [5.41, 5.74) is 9.50. The van der Waals surface area contributed by atoms with E-state index in [0.717, 1.165) is 11.4 Å². The number of hydrogen-bond acceptors (Lipinski definition) is 3. The van der Waals surface area contributed by atoms with Crippen molar-refractivity contribution in [3.63, 3.8) is 0 Å². The van der Waals surface area contributed by atoms with E-state index in [0.29, 0.717) is 11.7 Å². The molecule has 1 heterocycles. The Bertz CT molecular complexity index is 603. The predicted molar refractivity (Wildman–Crippen MR) is 76.4 cm³/mol. The van der Waals surface area contributed by atoms with Gasteiger partial charge in [-0.05, 0) is 29.9 Å². The van der Waals surface area contributed by atoms with Crippen LogP contribution in [0.25, 0.3) is 5.69 Å². The summed E-state index contributed by atoms with van der Waals surface area (Å²) in [4.78, 5) is 0. The first-order valence-corrected chi connectivity index (χ1v) is 6.79. The van der Waals surface area contributed by atoms with Gasteiger partial charge in [0, 0.05) is 5.92 Å². The molecule has 4 heteroatoms. The van der Waals surface area contributed by atoms with Gasteiger partial charge in [0.05, 0.1) is 11.4 Å². The van der Waals surface area contributed by atoms with Crippen molar-refractivity contribution in [1.82, 2.24) is 15.0 Å². The zero-order chi connectivity index (χ0) is 13.6. The summed E-state index contributed by atoms with van der Waals surface area (Å²) in [6, 6.07) is 8.37. The molecule has 100 valence electrons. The van der Waals surface area contributed by atoms with Gasteiger partial charge in [-0.15, -0.1) is 5.10 Å². The van der Waals surface area contributed by atoms with E-state index in [9.17, 15) is 0 Å². The Hall–Kier alpha value is -1.84. The lowest BCUT2D eigenvalue weighted by atomic mass is 9.86. The standard InChI is InChI=1S/C15H20N4/c1-15(2,3)11-6-4-5-7-12(11)19-13(10-8-9-10)14(16)17-18-19/h4-7,10H,8-9,16H2,1-3H3. The van der Waals surface area contributed by atoms with E-state index in [1.54, 1.807) is 0 Å². The third-order valence-corrected chi connectivity index (χ3v) is 3.64. The highest BCUT2D eigenvalue weighted by Gasteiger charge is 2.32. The maximum atomic E-state index is 5.98. The fraction of sp³-hybridized carbons (Fsp3) is 0.467. The Labute approximate surface area is 113 Å². The number of benzene rings is 1. The molecule has 3 rings (SSSR count). The van der Waals surface area contributed by atoms with Crippen LogP contribution in [0.5, 0.6) is 0 Å². The highest BCUT2D eigenvalue weighted by atomic mass is 15.4. The fourth-order valence-electron chi connectivity index (χ4n) is 2.51. The summed E-state index contributed by atoms with van der Waals surface area (Å²) in [6.45, 7) is 6.63. The van der Waals surface area contributed by atoms with Gasteiger partial charge in [-0.25, -0.2) is 4.68 Å². The number of anilines is 1. The Morgan fingerprint density at radius 2 is 1.89 bits per heavy atom. The van der Waals surface area contributed by atoms with Crippen molar-refractivity contribution in [1.29, 1.82) is 0 Å². The molecule has 0 bridgehead atoms. The smallest absolute Gasteiger partial charge is 0.169 e. The molecule has 0 unspecified atom stereocenters. The molecule has 1 fully saturated rings. The van der Waals surface area contributed by atoms with Crippen LogP contribution in [0.1, 0.15) is 50.8 Å². The number of nitrogen functional groups attached to an aromatic ring is 1. The van der Waals surface area contributed by atoms with Gasteiger partial charge in [0.2, 0.25) is 0 Å². The topological polar surface area (TPSA) is 56.7 Å². The van der Waals surface area contributed by atoms with Crippen molar-refractivity contribution in [2.24, 2.45) is 0 Å². The van der Waals surface area contributed by atoms with E-state index >= 15 is 0 Å². The molecule has 1 aromatic carbocycles. The third-order valence-electron chi connectivity index (χ3n) is 3.64. The molecule has 0 amide bonds. The zero-order valence-electron chi connectivity index (χ0n) is 11.7. The molecule has 2 N–H and O–H groups in total. The molecule has 0 radical (unpaired) electrons. The van der Waals surface area contributed by atoms with Crippen LogP contribution in [0, 0.1) is 0 Å². The van der Waals surface area contributed by atoms with Gasteiger partial charge in [0.1, 0.15) is 0 Å². The van der Waals surface area contributed by atoms with Crippen LogP contribution in [0.4, 0.5) is 5.82 Å². The van der Waals surface area contributed by atoms with Crippen molar-refractivity contribution in [2.45, 2.75) is 44.9 Å². The normalized spacial score (nSPS) is 15.7.